The van der Waals surface area contributed by atoms with Crippen LogP contribution in [0.5, 0.6) is 11.5 Å². The lowest BCUT2D eigenvalue weighted by molar-refractivity contribution is -0.274. The Kier molecular flexibility index (Phi) is 12.1. The Morgan fingerprint density at radius 3 is 2.42 bits per heavy atom. The van der Waals surface area contributed by atoms with Crippen molar-refractivity contribution >= 4 is 44.7 Å². The van der Waals surface area contributed by atoms with Crippen molar-refractivity contribution in [3.63, 3.8) is 0 Å². The molecule has 3 N–H and O–H groups in total. The van der Waals surface area contributed by atoms with E-state index in [9.17, 15) is 40.8 Å². The number of nitrogens with one attached hydrogen (secondary N) is 3. The monoisotopic (exact) mass is 861 g/mol. The Balaban J connectivity index is 1.34. The first kappa shape index (κ1) is 44.7. The summed E-state index contributed by atoms with van der Waals surface area (Å²) in [4.78, 5) is 62.2. The lowest BCUT2D eigenvalue weighted by Gasteiger charge is -2.36. The van der Waals surface area contributed by atoms with E-state index in [1.54, 1.807) is 33.8 Å². The van der Waals surface area contributed by atoms with Gasteiger partial charge in [0, 0.05) is 23.3 Å². The first-order chi connectivity index (χ1) is 27.9. The molecule has 3 heterocycles. The van der Waals surface area contributed by atoms with Crippen LogP contribution in [0.1, 0.15) is 103 Å². The fourth-order valence-corrected chi connectivity index (χ4v) is 9.45. The van der Waals surface area contributed by atoms with Crippen molar-refractivity contribution in [2.75, 3.05) is 6.54 Å². The zero-order valence-electron chi connectivity index (χ0n) is 34.6. The highest BCUT2D eigenvalue weighted by Crippen LogP contribution is 2.49. The van der Waals surface area contributed by atoms with Crippen molar-refractivity contribution in [3.05, 3.63) is 54.8 Å². The smallest absolute Gasteiger partial charge is 0.483 e. The second-order valence-corrected chi connectivity index (χ2v) is 19.9. The molecular formula is C42H54F3N5O9S. The maximum absolute atomic E-state index is 14.8. The van der Waals surface area contributed by atoms with Crippen molar-refractivity contribution in [1.29, 1.82) is 0 Å². The highest BCUT2D eigenvalue weighted by atomic mass is 32.2. The third kappa shape index (κ3) is 9.52. The molecule has 1 aromatic carbocycles. The van der Waals surface area contributed by atoms with Crippen LogP contribution in [0.25, 0.3) is 10.9 Å². The van der Waals surface area contributed by atoms with E-state index in [0.717, 1.165) is 19.3 Å². The lowest BCUT2D eigenvalue weighted by Crippen LogP contribution is -2.58. The number of aryl methyl sites for hydroxylation is 2. The second-order valence-electron chi connectivity index (χ2n) is 17.7. The number of hydrogen-bond donors (Lipinski definition) is 3. The van der Waals surface area contributed by atoms with Crippen molar-refractivity contribution < 1.29 is 55.0 Å². The van der Waals surface area contributed by atoms with Gasteiger partial charge in [0.2, 0.25) is 21.8 Å². The van der Waals surface area contributed by atoms with Gasteiger partial charge in [0.05, 0.1) is 22.5 Å². The molecule has 18 heteroatoms. The molecule has 4 amide bonds. The number of likely N-dealkylation sites (tertiary alicyclic amines) is 1. The van der Waals surface area contributed by atoms with Crippen LogP contribution in [-0.4, -0.2) is 88.6 Å². The molecule has 0 bridgehead atoms. The lowest BCUT2D eigenvalue weighted by atomic mass is 9.87. The maximum Gasteiger partial charge on any atom is 0.573 e. The summed E-state index contributed by atoms with van der Waals surface area (Å²) in [6.45, 7) is 15.7. The molecule has 6 rings (SSSR count). The van der Waals surface area contributed by atoms with Crippen LogP contribution in [0.2, 0.25) is 0 Å². The number of benzene rings is 1. The Morgan fingerprint density at radius 2 is 1.80 bits per heavy atom. The van der Waals surface area contributed by atoms with Gasteiger partial charge in [-0.2, -0.15) is 0 Å². The van der Waals surface area contributed by atoms with E-state index in [1.165, 1.54) is 36.1 Å². The number of nitrogens with zero attached hydrogens (tertiary/aromatic N) is 2. The zero-order valence-corrected chi connectivity index (χ0v) is 35.4. The Labute approximate surface area is 348 Å². The van der Waals surface area contributed by atoms with Gasteiger partial charge in [-0.25, -0.2) is 18.2 Å². The van der Waals surface area contributed by atoms with E-state index in [1.807, 2.05) is 0 Å². The summed E-state index contributed by atoms with van der Waals surface area (Å²) in [7, 11) is -4.07. The van der Waals surface area contributed by atoms with E-state index in [2.05, 4.69) is 38.2 Å². The van der Waals surface area contributed by atoms with Crippen LogP contribution in [0.15, 0.2) is 43.5 Å². The zero-order chi connectivity index (χ0) is 44.1. The number of allylic oxidation sites excluding steroid dienone is 1. The number of carbonyl (C=O) groups is 4. The average molecular weight is 862 g/mol. The van der Waals surface area contributed by atoms with Gasteiger partial charge < -0.3 is 29.7 Å². The average Bonchev–Trinajstić information content (AvgIpc) is 4.04. The number of fused-ring (bicyclic) bond motifs is 3. The van der Waals surface area contributed by atoms with Crippen LogP contribution < -0.4 is 24.8 Å². The SMILES string of the molecule is C=CCCCCCC(NC(=O)OC(C)(C)C)C(=O)N1CC2(CCc3c(c(C)nc4ccc(OC(F)(F)F)cc34)O2)CC1C(=O)NC1(C(=O)NS(=O)(=O)C2(C)CC2)CC1C=C. The van der Waals surface area contributed by atoms with E-state index >= 15 is 0 Å². The van der Waals surface area contributed by atoms with Gasteiger partial charge in [-0.3, -0.25) is 19.1 Å². The molecule has 14 nitrogen and oxygen atoms in total. The number of alkyl carbamates (subject to hydrolysis) is 1. The molecule has 4 aliphatic rings. The number of amides is 4. The summed E-state index contributed by atoms with van der Waals surface area (Å²) >= 11 is 0. The van der Waals surface area contributed by atoms with Crippen LogP contribution >= 0.6 is 0 Å². The fraction of sp³-hybridized carbons (Fsp3) is 0.595. The number of hydrogen-bond acceptors (Lipinski definition) is 10. The molecule has 2 aliphatic heterocycles. The van der Waals surface area contributed by atoms with E-state index in [-0.39, 0.29) is 38.6 Å². The summed E-state index contributed by atoms with van der Waals surface area (Å²) < 4.78 is 83.2. The number of halogens is 3. The molecule has 5 unspecified atom stereocenters. The van der Waals surface area contributed by atoms with E-state index in [0.29, 0.717) is 47.2 Å². The number of sulfonamides is 1. The molecule has 5 atom stereocenters. The van der Waals surface area contributed by atoms with Gasteiger partial charge in [0.15, 0.2) is 0 Å². The molecule has 0 radical (unpaired) electrons. The maximum atomic E-state index is 14.8. The Bertz CT molecular complexity index is 2190. The van der Waals surface area contributed by atoms with Crippen molar-refractivity contribution in [2.24, 2.45) is 5.92 Å². The topological polar surface area (TPSA) is 182 Å². The third-order valence-corrected chi connectivity index (χ3v) is 14.0. The van der Waals surface area contributed by atoms with Gasteiger partial charge >= 0.3 is 12.5 Å². The number of unbranched alkanes of at least 4 members (excludes halogenated alkanes) is 3. The Morgan fingerprint density at radius 1 is 1.08 bits per heavy atom. The summed E-state index contributed by atoms with van der Waals surface area (Å²) in [6.07, 6.45) is 1.77. The number of aromatic nitrogens is 1. The molecule has 3 fully saturated rings. The van der Waals surface area contributed by atoms with Crippen LogP contribution in [0.4, 0.5) is 18.0 Å². The minimum atomic E-state index is -4.92. The largest absolute Gasteiger partial charge is 0.573 e. The molecule has 2 saturated carbocycles. The normalized spacial score (nSPS) is 24.7. The summed E-state index contributed by atoms with van der Waals surface area (Å²) in [5, 5.41) is 5.89. The highest BCUT2D eigenvalue weighted by molar-refractivity contribution is 7.91. The van der Waals surface area contributed by atoms with Crippen LogP contribution in [0.3, 0.4) is 0 Å². The molecule has 2 aliphatic carbocycles. The van der Waals surface area contributed by atoms with Gasteiger partial charge in [0.1, 0.15) is 40.3 Å². The summed E-state index contributed by atoms with van der Waals surface area (Å²) in [5.41, 5.74) is -2.32. The number of carbonyl (C=O) groups excluding carboxylic acids is 4. The third-order valence-electron chi connectivity index (χ3n) is 11.8. The quantitative estimate of drug-likeness (QED) is 0.138. The molecule has 1 aromatic heterocycles. The minimum absolute atomic E-state index is 0.0709. The fourth-order valence-electron chi connectivity index (χ4n) is 8.14. The minimum Gasteiger partial charge on any atom is -0.483 e. The van der Waals surface area contributed by atoms with Gasteiger partial charge in [-0.05, 0) is 104 Å². The summed E-state index contributed by atoms with van der Waals surface area (Å²) in [6, 6.07) is 1.45. The highest BCUT2D eigenvalue weighted by Gasteiger charge is 2.63. The van der Waals surface area contributed by atoms with Crippen LogP contribution in [-0.2, 0) is 35.6 Å². The summed E-state index contributed by atoms with van der Waals surface area (Å²) in [5.74, 6) is -2.99. The van der Waals surface area contributed by atoms with Gasteiger partial charge in [0.25, 0.3) is 5.91 Å². The predicted octanol–water partition coefficient (Wildman–Crippen LogP) is 6.20. The van der Waals surface area contributed by atoms with E-state index < -0.39 is 85.4 Å². The number of ether oxygens (including phenoxy) is 3. The molecule has 328 valence electrons. The molecule has 60 heavy (non-hydrogen) atoms. The molecule has 1 saturated heterocycles. The van der Waals surface area contributed by atoms with Crippen LogP contribution in [0, 0.1) is 12.8 Å². The van der Waals surface area contributed by atoms with Gasteiger partial charge in [-0.1, -0.05) is 25.0 Å². The number of alkyl halides is 3. The predicted molar refractivity (Wildman–Crippen MR) is 215 cm³/mol. The van der Waals surface area contributed by atoms with Crippen molar-refractivity contribution in [1.82, 2.24) is 25.2 Å². The van der Waals surface area contributed by atoms with Crippen molar-refractivity contribution in [2.45, 2.75) is 145 Å². The molecular weight excluding hydrogens is 808 g/mol. The molecule has 2 aromatic rings. The Hall–Kier alpha value is -4.87. The second kappa shape index (κ2) is 16.2. The number of pyridine rings is 1. The van der Waals surface area contributed by atoms with Gasteiger partial charge in [-0.15, -0.1) is 26.3 Å². The standard InChI is InChI=1S/C42H54F3N5O9S/c1-8-10-11-12-13-14-31(47-37(54)59-38(4,5)6)35(52)50-24-40(18-17-28-29-21-27(57-42(43,44)45)15-16-30(29)46-25(3)33(28)58-40)23-32(50)34(51)48-41(22-26(41)9-2)36(53)49-60(55,56)39(7)19-20-39/h8-9,15-16,21,26,31-32H,1-2,10-14,17-20,22-24H2,3-7H3,(H,47,54)(H,48,51)(H,49,53). The van der Waals surface area contributed by atoms with E-state index in [4.69, 9.17) is 9.47 Å². The first-order valence-electron chi connectivity index (χ1n) is 20.2. The van der Waals surface area contributed by atoms with Crippen molar-refractivity contribution in [3.8, 4) is 11.5 Å². The number of rotatable bonds is 15. The molecule has 1 spiro atoms. The first-order valence-corrected chi connectivity index (χ1v) is 21.7.